The molecule has 1 atom stereocenters. The summed E-state index contributed by atoms with van der Waals surface area (Å²) >= 11 is 0. The van der Waals surface area contributed by atoms with Crippen molar-refractivity contribution < 1.29 is 23.7 Å². The fourth-order valence-corrected chi connectivity index (χ4v) is 3.03. The molecule has 26 heavy (non-hydrogen) atoms. The van der Waals surface area contributed by atoms with Crippen molar-refractivity contribution in [3.05, 3.63) is 35.3 Å². The van der Waals surface area contributed by atoms with Gasteiger partial charge in [0.05, 0.1) is 34.0 Å². The number of fused-ring (bicyclic) bond motifs is 1. The van der Waals surface area contributed by atoms with Crippen molar-refractivity contribution in [1.82, 2.24) is 14.8 Å². The first-order chi connectivity index (χ1) is 12.5. The van der Waals surface area contributed by atoms with Gasteiger partial charge in [0.25, 0.3) is 0 Å². The van der Waals surface area contributed by atoms with Gasteiger partial charge in [-0.25, -0.2) is 9.48 Å². The first-order valence-corrected chi connectivity index (χ1v) is 7.81. The summed E-state index contributed by atoms with van der Waals surface area (Å²) in [6, 6.07) is 2.99. The Morgan fingerprint density at radius 1 is 1.12 bits per heavy atom. The number of nitrogens with one attached hydrogen (secondary N) is 1. The number of ether oxygens (including phenoxy) is 4. The maximum absolute atomic E-state index is 12.5. The molecule has 0 fully saturated rings. The van der Waals surface area contributed by atoms with Gasteiger partial charge in [-0.1, -0.05) is 0 Å². The van der Waals surface area contributed by atoms with Crippen LogP contribution in [0, 0.1) is 0 Å². The fraction of sp³-hybridized carbons (Fsp3) is 0.353. The molecule has 138 valence electrons. The van der Waals surface area contributed by atoms with Crippen LogP contribution in [0.4, 0.5) is 5.95 Å². The molecular formula is C17H20N4O5. The summed E-state index contributed by atoms with van der Waals surface area (Å²) in [4.78, 5) is 16.6. The third kappa shape index (κ3) is 2.71. The van der Waals surface area contributed by atoms with Gasteiger partial charge in [0.15, 0.2) is 11.5 Å². The molecule has 2 aromatic rings. The van der Waals surface area contributed by atoms with Gasteiger partial charge in [-0.15, -0.1) is 0 Å². The number of carbonyl (C=O) groups is 1. The molecule has 0 saturated carbocycles. The molecular weight excluding hydrogens is 340 g/mol. The number of methoxy groups -OCH3 is 4. The molecule has 0 bridgehead atoms. The first kappa shape index (κ1) is 17.6. The van der Waals surface area contributed by atoms with Crippen molar-refractivity contribution in [1.29, 1.82) is 0 Å². The van der Waals surface area contributed by atoms with E-state index < -0.39 is 12.0 Å². The molecule has 1 aliphatic rings. The molecule has 0 spiro atoms. The van der Waals surface area contributed by atoms with E-state index in [0.29, 0.717) is 40.0 Å². The van der Waals surface area contributed by atoms with Crippen molar-refractivity contribution in [3.63, 3.8) is 0 Å². The molecule has 1 aliphatic heterocycles. The Hall–Kier alpha value is -3.23. The second-order valence-corrected chi connectivity index (χ2v) is 5.54. The van der Waals surface area contributed by atoms with E-state index in [1.165, 1.54) is 34.8 Å². The summed E-state index contributed by atoms with van der Waals surface area (Å²) in [5, 5.41) is 7.32. The summed E-state index contributed by atoms with van der Waals surface area (Å²) in [6.45, 7) is 1.79. The monoisotopic (exact) mass is 360 g/mol. The molecule has 0 aliphatic carbocycles. The topological polar surface area (TPSA) is 96.7 Å². The van der Waals surface area contributed by atoms with Crippen LogP contribution in [-0.4, -0.2) is 49.2 Å². The average Bonchev–Trinajstić information content (AvgIpc) is 3.12. The lowest BCUT2D eigenvalue weighted by atomic mass is 9.95. The minimum Gasteiger partial charge on any atom is -0.493 e. The Morgan fingerprint density at radius 3 is 2.31 bits per heavy atom. The van der Waals surface area contributed by atoms with Gasteiger partial charge in [0, 0.05) is 5.70 Å². The number of allylic oxidation sites excluding steroid dienone is 1. The Labute approximate surface area is 150 Å². The molecule has 9 heteroatoms. The zero-order valence-electron chi connectivity index (χ0n) is 15.2. The van der Waals surface area contributed by atoms with Crippen LogP contribution < -0.4 is 19.5 Å². The predicted octanol–water partition coefficient (Wildman–Crippen LogP) is 1.77. The summed E-state index contributed by atoms with van der Waals surface area (Å²) < 4.78 is 22.8. The van der Waals surface area contributed by atoms with Crippen molar-refractivity contribution in [2.24, 2.45) is 0 Å². The van der Waals surface area contributed by atoms with Crippen LogP contribution >= 0.6 is 0 Å². The summed E-state index contributed by atoms with van der Waals surface area (Å²) in [5.41, 5.74) is 1.77. The molecule has 1 N–H and O–H groups in total. The average molecular weight is 360 g/mol. The van der Waals surface area contributed by atoms with Crippen molar-refractivity contribution >= 4 is 11.9 Å². The Kier molecular flexibility index (Phi) is 4.70. The Morgan fingerprint density at radius 2 is 1.77 bits per heavy atom. The van der Waals surface area contributed by atoms with Gasteiger partial charge >= 0.3 is 5.97 Å². The van der Waals surface area contributed by atoms with E-state index in [2.05, 4.69) is 15.4 Å². The summed E-state index contributed by atoms with van der Waals surface area (Å²) in [6.07, 6.45) is 1.42. The molecule has 0 amide bonds. The Bertz CT molecular complexity index is 849. The number of hydrogen-bond acceptors (Lipinski definition) is 8. The molecule has 1 aromatic carbocycles. The van der Waals surface area contributed by atoms with E-state index in [0.717, 1.165) is 0 Å². The van der Waals surface area contributed by atoms with Crippen LogP contribution in [-0.2, 0) is 9.53 Å². The van der Waals surface area contributed by atoms with Crippen LogP contribution in [0.3, 0.4) is 0 Å². The van der Waals surface area contributed by atoms with Gasteiger partial charge < -0.3 is 24.3 Å². The van der Waals surface area contributed by atoms with E-state index in [1.54, 1.807) is 23.7 Å². The van der Waals surface area contributed by atoms with Crippen LogP contribution in [0.15, 0.2) is 29.7 Å². The van der Waals surface area contributed by atoms with Crippen LogP contribution in [0.1, 0.15) is 18.5 Å². The zero-order valence-corrected chi connectivity index (χ0v) is 15.2. The third-order valence-corrected chi connectivity index (χ3v) is 4.20. The zero-order chi connectivity index (χ0) is 18.8. The number of anilines is 1. The van der Waals surface area contributed by atoms with Crippen molar-refractivity contribution in [2.45, 2.75) is 13.0 Å². The van der Waals surface area contributed by atoms with Gasteiger partial charge in [-0.2, -0.15) is 10.1 Å². The summed E-state index contributed by atoms with van der Waals surface area (Å²) in [7, 11) is 5.94. The quantitative estimate of drug-likeness (QED) is 0.806. The second kappa shape index (κ2) is 6.95. The SMILES string of the molecule is COC(=O)C1=C(C)Nc2ncnn2[C@H]1c1cc(OC)c(OC)c(OC)c1. The van der Waals surface area contributed by atoms with Gasteiger partial charge in [-0.05, 0) is 24.6 Å². The van der Waals surface area contributed by atoms with E-state index in [9.17, 15) is 4.79 Å². The summed E-state index contributed by atoms with van der Waals surface area (Å²) in [5.74, 6) is 1.48. The predicted molar refractivity (Wildman–Crippen MR) is 92.6 cm³/mol. The third-order valence-electron chi connectivity index (χ3n) is 4.20. The maximum atomic E-state index is 12.5. The number of esters is 1. The molecule has 9 nitrogen and oxygen atoms in total. The van der Waals surface area contributed by atoms with Gasteiger partial charge in [0.2, 0.25) is 11.7 Å². The first-order valence-electron chi connectivity index (χ1n) is 7.81. The lowest BCUT2D eigenvalue weighted by molar-refractivity contribution is -0.136. The standard InChI is InChI=1S/C17H20N4O5/c1-9-13(16(22)26-5)14(21-17(20-9)18-8-19-21)10-6-11(23-2)15(25-4)12(7-10)24-3/h6-8,14H,1-5H3,(H,18,19,20)/t14-/m0/s1. The fourth-order valence-electron chi connectivity index (χ4n) is 3.03. The minimum atomic E-state index is -0.560. The minimum absolute atomic E-state index is 0.416. The van der Waals surface area contributed by atoms with Crippen LogP contribution in [0.25, 0.3) is 0 Å². The highest BCUT2D eigenvalue weighted by molar-refractivity contribution is 5.92. The molecule has 0 saturated heterocycles. The number of rotatable bonds is 5. The van der Waals surface area contributed by atoms with E-state index in [-0.39, 0.29) is 0 Å². The lowest BCUT2D eigenvalue weighted by Crippen LogP contribution is -2.29. The maximum Gasteiger partial charge on any atom is 0.338 e. The molecule has 2 heterocycles. The molecule has 3 rings (SSSR count). The van der Waals surface area contributed by atoms with Crippen LogP contribution in [0.2, 0.25) is 0 Å². The van der Waals surface area contributed by atoms with Gasteiger partial charge in [-0.3, -0.25) is 0 Å². The van der Waals surface area contributed by atoms with Crippen molar-refractivity contribution in [3.8, 4) is 17.2 Å². The van der Waals surface area contributed by atoms with Crippen LogP contribution in [0.5, 0.6) is 17.2 Å². The van der Waals surface area contributed by atoms with E-state index >= 15 is 0 Å². The van der Waals surface area contributed by atoms with Crippen molar-refractivity contribution in [2.75, 3.05) is 33.8 Å². The molecule has 0 unspecified atom stereocenters. The molecule has 0 radical (unpaired) electrons. The largest absolute Gasteiger partial charge is 0.493 e. The van der Waals surface area contributed by atoms with E-state index in [4.69, 9.17) is 18.9 Å². The molecule has 1 aromatic heterocycles. The smallest absolute Gasteiger partial charge is 0.338 e. The highest BCUT2D eigenvalue weighted by Crippen LogP contribution is 2.43. The normalized spacial score (nSPS) is 15.8. The highest BCUT2D eigenvalue weighted by Gasteiger charge is 2.35. The number of nitrogens with zero attached hydrogens (tertiary/aromatic N) is 3. The second-order valence-electron chi connectivity index (χ2n) is 5.54. The number of carbonyl (C=O) groups excluding carboxylic acids is 1. The number of benzene rings is 1. The van der Waals surface area contributed by atoms with E-state index in [1.807, 2.05) is 0 Å². The number of aromatic nitrogens is 3. The van der Waals surface area contributed by atoms with Gasteiger partial charge in [0.1, 0.15) is 12.4 Å². The Balaban J connectivity index is 2.25. The lowest BCUT2D eigenvalue weighted by Gasteiger charge is -2.28. The highest BCUT2D eigenvalue weighted by atomic mass is 16.5. The number of hydrogen-bond donors (Lipinski definition) is 1.